The lowest BCUT2D eigenvalue weighted by Crippen LogP contribution is -2.08. The van der Waals surface area contributed by atoms with Gasteiger partial charge in [0.25, 0.3) is 0 Å². The van der Waals surface area contributed by atoms with E-state index in [9.17, 15) is 4.39 Å². The van der Waals surface area contributed by atoms with Gasteiger partial charge < -0.3 is 10.6 Å². The van der Waals surface area contributed by atoms with Crippen molar-refractivity contribution in [2.75, 3.05) is 24.7 Å². The lowest BCUT2D eigenvalue weighted by atomic mass is 10.0. The largest absolute Gasteiger partial charge is 0.383 e. The lowest BCUT2D eigenvalue weighted by Gasteiger charge is -2.14. The van der Waals surface area contributed by atoms with Gasteiger partial charge in [-0.3, -0.25) is 0 Å². The van der Waals surface area contributed by atoms with Crippen molar-refractivity contribution in [1.29, 1.82) is 0 Å². The van der Waals surface area contributed by atoms with Crippen molar-refractivity contribution in [1.82, 2.24) is 4.98 Å². The summed E-state index contributed by atoms with van der Waals surface area (Å²) in [4.78, 5) is 6.49. The third-order valence-corrected chi connectivity index (χ3v) is 3.50. The van der Waals surface area contributed by atoms with E-state index in [1.54, 1.807) is 12.1 Å². The highest BCUT2D eigenvalue weighted by atomic mass is 19.1. The molecular formula is C17H16FN3. The first-order valence-corrected chi connectivity index (χ1v) is 6.68. The fourth-order valence-electron chi connectivity index (χ4n) is 2.31. The maximum absolute atomic E-state index is 13.0. The Kier molecular flexibility index (Phi) is 3.22. The molecule has 3 rings (SSSR count). The summed E-state index contributed by atoms with van der Waals surface area (Å²) in [5.74, 6) is 0.187. The highest BCUT2D eigenvalue weighted by Gasteiger charge is 2.08. The zero-order chi connectivity index (χ0) is 15.0. The van der Waals surface area contributed by atoms with Crippen LogP contribution in [0.25, 0.3) is 22.0 Å². The van der Waals surface area contributed by atoms with E-state index in [1.807, 2.05) is 43.3 Å². The highest BCUT2D eigenvalue weighted by molar-refractivity contribution is 5.90. The van der Waals surface area contributed by atoms with Crippen LogP contribution >= 0.6 is 0 Å². The molecular weight excluding hydrogens is 265 g/mol. The number of aromatic nitrogens is 1. The van der Waals surface area contributed by atoms with E-state index in [-0.39, 0.29) is 5.82 Å². The van der Waals surface area contributed by atoms with E-state index in [2.05, 4.69) is 4.98 Å². The van der Waals surface area contributed by atoms with Gasteiger partial charge in [-0.1, -0.05) is 18.2 Å². The molecule has 0 aliphatic rings. The first-order chi connectivity index (χ1) is 10.0. The molecule has 3 aromatic rings. The van der Waals surface area contributed by atoms with Crippen LogP contribution in [0.5, 0.6) is 0 Å². The van der Waals surface area contributed by atoms with Gasteiger partial charge in [-0.15, -0.1) is 0 Å². The predicted molar refractivity (Wildman–Crippen MR) is 85.9 cm³/mol. The third-order valence-electron chi connectivity index (χ3n) is 3.50. The number of halogens is 1. The number of hydrogen-bond donors (Lipinski definition) is 1. The van der Waals surface area contributed by atoms with Crippen molar-refractivity contribution >= 4 is 22.4 Å². The minimum absolute atomic E-state index is 0.262. The zero-order valence-electron chi connectivity index (χ0n) is 12.0. The Morgan fingerprint density at radius 3 is 2.38 bits per heavy atom. The summed E-state index contributed by atoms with van der Waals surface area (Å²) in [5, 5.41) is 1.01. The number of anilines is 2. The predicted octanol–water partition coefficient (Wildman–Crippen LogP) is 3.69. The monoisotopic (exact) mass is 281 g/mol. The second-order valence-electron chi connectivity index (χ2n) is 5.20. The molecule has 2 aromatic carbocycles. The van der Waals surface area contributed by atoms with Gasteiger partial charge in [0.2, 0.25) is 0 Å². The molecule has 1 heterocycles. The molecule has 0 radical (unpaired) electrons. The van der Waals surface area contributed by atoms with Crippen molar-refractivity contribution < 1.29 is 4.39 Å². The molecule has 0 fully saturated rings. The SMILES string of the molecule is CN(C)c1ccc2cc(-c3ccc(F)cc3)c(N)nc2c1. The molecule has 0 atom stereocenters. The Labute approximate surface area is 122 Å². The van der Waals surface area contributed by atoms with Crippen LogP contribution in [0, 0.1) is 5.82 Å². The van der Waals surface area contributed by atoms with Crippen molar-refractivity contribution in [2.24, 2.45) is 0 Å². The number of benzene rings is 2. The number of nitrogens with zero attached hydrogens (tertiary/aromatic N) is 2. The second kappa shape index (κ2) is 5.05. The molecule has 4 heteroatoms. The van der Waals surface area contributed by atoms with Crippen LogP contribution in [-0.2, 0) is 0 Å². The van der Waals surface area contributed by atoms with Gasteiger partial charge in [0.15, 0.2) is 0 Å². The quantitative estimate of drug-likeness (QED) is 0.779. The first-order valence-electron chi connectivity index (χ1n) is 6.68. The normalized spacial score (nSPS) is 10.8. The number of pyridine rings is 1. The van der Waals surface area contributed by atoms with Crippen molar-refractivity contribution in [3.63, 3.8) is 0 Å². The Bertz CT molecular complexity index is 795. The van der Waals surface area contributed by atoms with E-state index in [1.165, 1.54) is 12.1 Å². The van der Waals surface area contributed by atoms with E-state index in [0.29, 0.717) is 5.82 Å². The number of nitrogens with two attached hydrogens (primary N) is 1. The smallest absolute Gasteiger partial charge is 0.131 e. The van der Waals surface area contributed by atoms with Gasteiger partial charge in [0.05, 0.1) is 5.52 Å². The van der Waals surface area contributed by atoms with Crippen LogP contribution in [-0.4, -0.2) is 19.1 Å². The number of hydrogen-bond acceptors (Lipinski definition) is 3. The molecule has 0 unspecified atom stereocenters. The lowest BCUT2D eigenvalue weighted by molar-refractivity contribution is 0.628. The summed E-state index contributed by atoms with van der Waals surface area (Å²) in [6.07, 6.45) is 0. The average molecular weight is 281 g/mol. The molecule has 21 heavy (non-hydrogen) atoms. The highest BCUT2D eigenvalue weighted by Crippen LogP contribution is 2.29. The summed E-state index contributed by atoms with van der Waals surface area (Å²) >= 11 is 0. The molecule has 0 saturated carbocycles. The Hall–Kier alpha value is -2.62. The number of fused-ring (bicyclic) bond motifs is 1. The molecule has 0 saturated heterocycles. The van der Waals surface area contributed by atoms with Gasteiger partial charge >= 0.3 is 0 Å². The van der Waals surface area contributed by atoms with Crippen molar-refractivity contribution in [2.45, 2.75) is 0 Å². The van der Waals surface area contributed by atoms with Crippen LogP contribution < -0.4 is 10.6 Å². The van der Waals surface area contributed by atoms with E-state index in [4.69, 9.17) is 5.73 Å². The summed E-state index contributed by atoms with van der Waals surface area (Å²) in [5.41, 5.74) is 9.67. The Balaban J connectivity index is 2.15. The van der Waals surface area contributed by atoms with E-state index >= 15 is 0 Å². The molecule has 0 aliphatic carbocycles. The molecule has 2 N–H and O–H groups in total. The topological polar surface area (TPSA) is 42.1 Å². The molecule has 3 nitrogen and oxygen atoms in total. The summed E-state index contributed by atoms with van der Waals surface area (Å²) < 4.78 is 13.0. The number of nitrogen functional groups attached to an aromatic ring is 1. The van der Waals surface area contributed by atoms with Crippen molar-refractivity contribution in [3.8, 4) is 11.1 Å². The van der Waals surface area contributed by atoms with Crippen LogP contribution in [0.4, 0.5) is 15.9 Å². The summed E-state index contributed by atoms with van der Waals surface area (Å²) in [6, 6.07) is 14.3. The molecule has 0 amide bonds. The van der Waals surface area contributed by atoms with E-state index in [0.717, 1.165) is 27.7 Å². The number of rotatable bonds is 2. The maximum Gasteiger partial charge on any atom is 0.131 e. The fourth-order valence-corrected chi connectivity index (χ4v) is 2.31. The van der Waals surface area contributed by atoms with Gasteiger partial charge in [0, 0.05) is 30.7 Å². The van der Waals surface area contributed by atoms with Gasteiger partial charge in [0.1, 0.15) is 11.6 Å². The fraction of sp³-hybridized carbons (Fsp3) is 0.118. The van der Waals surface area contributed by atoms with Crippen molar-refractivity contribution in [3.05, 3.63) is 54.3 Å². The second-order valence-corrected chi connectivity index (χ2v) is 5.20. The minimum Gasteiger partial charge on any atom is -0.383 e. The van der Waals surface area contributed by atoms with E-state index < -0.39 is 0 Å². The van der Waals surface area contributed by atoms with Crippen LogP contribution in [0.1, 0.15) is 0 Å². The maximum atomic E-state index is 13.0. The third kappa shape index (κ3) is 2.52. The molecule has 0 aliphatic heterocycles. The minimum atomic E-state index is -0.262. The molecule has 0 bridgehead atoms. The van der Waals surface area contributed by atoms with Crippen LogP contribution in [0.2, 0.25) is 0 Å². The first kappa shape index (κ1) is 13.4. The Morgan fingerprint density at radius 2 is 1.71 bits per heavy atom. The van der Waals surface area contributed by atoms with Gasteiger partial charge in [-0.25, -0.2) is 9.37 Å². The zero-order valence-corrected chi connectivity index (χ0v) is 12.0. The molecule has 1 aromatic heterocycles. The van der Waals surface area contributed by atoms with Crippen LogP contribution in [0.15, 0.2) is 48.5 Å². The van der Waals surface area contributed by atoms with Gasteiger partial charge in [-0.2, -0.15) is 0 Å². The summed E-state index contributed by atoms with van der Waals surface area (Å²) in [6.45, 7) is 0. The average Bonchev–Trinajstić information content (AvgIpc) is 2.47. The molecule has 0 spiro atoms. The standard InChI is InChI=1S/C17H16FN3/c1-21(2)14-8-5-12-9-15(17(19)20-16(12)10-14)11-3-6-13(18)7-4-11/h3-10H,1-2H3,(H2,19,20). The summed E-state index contributed by atoms with van der Waals surface area (Å²) in [7, 11) is 3.97. The molecule has 106 valence electrons. The van der Waals surface area contributed by atoms with Gasteiger partial charge in [-0.05, 0) is 35.9 Å². The Morgan fingerprint density at radius 1 is 1.00 bits per heavy atom. The van der Waals surface area contributed by atoms with Crippen LogP contribution in [0.3, 0.4) is 0 Å².